The molecule has 1 aromatic heterocycles. The Hall–Kier alpha value is -1.03. The van der Waals surface area contributed by atoms with Crippen LogP contribution in [0.3, 0.4) is 0 Å². The van der Waals surface area contributed by atoms with Crippen LogP contribution in [0.5, 0.6) is 0 Å². The third kappa shape index (κ3) is 1.90. The lowest BCUT2D eigenvalue weighted by Gasteiger charge is -2.16. The van der Waals surface area contributed by atoms with Crippen LogP contribution in [0.25, 0.3) is 0 Å². The zero-order chi connectivity index (χ0) is 9.97. The van der Waals surface area contributed by atoms with E-state index in [4.69, 9.17) is 0 Å². The van der Waals surface area contributed by atoms with E-state index in [1.54, 1.807) is 0 Å². The number of hydrogen-bond donors (Lipinski definition) is 2. The minimum atomic E-state index is 0.635. The maximum absolute atomic E-state index is 4.12. The molecule has 0 bridgehead atoms. The summed E-state index contributed by atoms with van der Waals surface area (Å²) in [6.07, 6.45) is 3.09. The molecule has 2 heterocycles. The Bertz CT molecular complexity index is 294. The van der Waals surface area contributed by atoms with Crippen molar-refractivity contribution in [2.24, 2.45) is 13.0 Å². The molecule has 78 valence electrons. The normalized spacial score (nSPS) is 26.7. The Balaban J connectivity index is 1.85. The number of aryl methyl sites for hydroxylation is 1. The zero-order valence-electron chi connectivity index (χ0n) is 8.83. The third-order valence-corrected chi connectivity index (χ3v) is 3.05. The van der Waals surface area contributed by atoms with Crippen LogP contribution in [0.4, 0.5) is 5.82 Å². The second-order valence-electron chi connectivity index (χ2n) is 4.01. The van der Waals surface area contributed by atoms with Gasteiger partial charge in [0, 0.05) is 25.7 Å². The van der Waals surface area contributed by atoms with Gasteiger partial charge in [-0.05, 0) is 25.8 Å². The van der Waals surface area contributed by atoms with E-state index in [1.807, 2.05) is 24.0 Å². The van der Waals surface area contributed by atoms with Crippen molar-refractivity contribution in [2.45, 2.75) is 19.4 Å². The predicted octanol–water partition coefficient (Wildman–Crippen LogP) is 0.830. The van der Waals surface area contributed by atoms with Crippen molar-refractivity contribution in [3.05, 3.63) is 12.3 Å². The monoisotopic (exact) mass is 194 g/mol. The van der Waals surface area contributed by atoms with E-state index in [-0.39, 0.29) is 0 Å². The lowest BCUT2D eigenvalue weighted by atomic mass is 10.0. The van der Waals surface area contributed by atoms with E-state index in [0.29, 0.717) is 6.04 Å². The largest absolute Gasteiger partial charge is 0.370 e. The van der Waals surface area contributed by atoms with Crippen LogP contribution < -0.4 is 10.6 Å². The summed E-state index contributed by atoms with van der Waals surface area (Å²) < 4.78 is 1.87. The fourth-order valence-corrected chi connectivity index (χ4v) is 1.97. The quantitative estimate of drug-likeness (QED) is 0.749. The van der Waals surface area contributed by atoms with E-state index >= 15 is 0 Å². The Morgan fingerprint density at radius 2 is 2.57 bits per heavy atom. The molecule has 4 heteroatoms. The first-order valence-electron chi connectivity index (χ1n) is 5.22. The number of hydrogen-bond acceptors (Lipinski definition) is 3. The molecule has 2 N–H and O–H groups in total. The van der Waals surface area contributed by atoms with Gasteiger partial charge in [0.25, 0.3) is 0 Å². The molecule has 0 aliphatic carbocycles. The lowest BCUT2D eigenvalue weighted by Crippen LogP contribution is -2.27. The highest BCUT2D eigenvalue weighted by Crippen LogP contribution is 2.15. The minimum Gasteiger partial charge on any atom is -0.370 e. The molecule has 2 unspecified atom stereocenters. The van der Waals surface area contributed by atoms with Crippen molar-refractivity contribution < 1.29 is 0 Å². The van der Waals surface area contributed by atoms with Crippen molar-refractivity contribution in [1.29, 1.82) is 0 Å². The summed E-state index contributed by atoms with van der Waals surface area (Å²) in [4.78, 5) is 0. The van der Waals surface area contributed by atoms with E-state index in [1.165, 1.54) is 6.42 Å². The van der Waals surface area contributed by atoms with E-state index in [2.05, 4.69) is 22.7 Å². The molecule has 1 aromatic rings. The van der Waals surface area contributed by atoms with Gasteiger partial charge < -0.3 is 10.6 Å². The van der Waals surface area contributed by atoms with Crippen LogP contribution in [0.15, 0.2) is 12.3 Å². The fraction of sp³-hybridized carbons (Fsp3) is 0.700. The van der Waals surface area contributed by atoms with E-state index in [9.17, 15) is 0 Å². The van der Waals surface area contributed by atoms with Crippen molar-refractivity contribution in [2.75, 3.05) is 18.4 Å². The first kappa shape index (κ1) is 9.52. The van der Waals surface area contributed by atoms with Crippen molar-refractivity contribution in [3.8, 4) is 0 Å². The van der Waals surface area contributed by atoms with Gasteiger partial charge in [-0.3, -0.25) is 4.68 Å². The highest BCUT2D eigenvalue weighted by Gasteiger charge is 2.22. The molecule has 2 atom stereocenters. The van der Waals surface area contributed by atoms with Gasteiger partial charge in [-0.1, -0.05) is 0 Å². The highest BCUT2D eigenvalue weighted by molar-refractivity contribution is 5.33. The molecule has 1 fully saturated rings. The molecule has 1 aliphatic heterocycles. The second kappa shape index (κ2) is 4.00. The summed E-state index contributed by atoms with van der Waals surface area (Å²) in [5, 5.41) is 11.0. The van der Waals surface area contributed by atoms with Gasteiger partial charge in [0.05, 0.1) is 6.20 Å². The van der Waals surface area contributed by atoms with Gasteiger partial charge in [-0.25, -0.2) is 0 Å². The Labute approximate surface area is 84.7 Å². The molecule has 0 radical (unpaired) electrons. The molecule has 0 aromatic carbocycles. The van der Waals surface area contributed by atoms with Gasteiger partial charge in [0.15, 0.2) is 0 Å². The molecule has 0 spiro atoms. The summed E-state index contributed by atoms with van der Waals surface area (Å²) in [6.45, 7) is 4.44. The van der Waals surface area contributed by atoms with Crippen molar-refractivity contribution >= 4 is 5.82 Å². The summed E-state index contributed by atoms with van der Waals surface area (Å²) in [7, 11) is 1.96. The summed E-state index contributed by atoms with van der Waals surface area (Å²) in [5.41, 5.74) is 0. The maximum atomic E-state index is 4.12. The first-order chi connectivity index (χ1) is 6.77. The summed E-state index contributed by atoms with van der Waals surface area (Å²) in [5.74, 6) is 1.84. The van der Waals surface area contributed by atoms with Crippen LogP contribution in [0.2, 0.25) is 0 Å². The number of aromatic nitrogens is 2. The molecule has 0 amide bonds. The molecule has 4 nitrogen and oxygen atoms in total. The van der Waals surface area contributed by atoms with Crippen molar-refractivity contribution in [3.63, 3.8) is 0 Å². The number of rotatable bonds is 3. The van der Waals surface area contributed by atoms with E-state index in [0.717, 1.165) is 24.8 Å². The number of nitrogens with zero attached hydrogens (tertiary/aromatic N) is 2. The maximum Gasteiger partial charge on any atom is 0.123 e. The summed E-state index contributed by atoms with van der Waals surface area (Å²) in [6, 6.07) is 2.64. The van der Waals surface area contributed by atoms with Crippen molar-refractivity contribution in [1.82, 2.24) is 15.1 Å². The van der Waals surface area contributed by atoms with Gasteiger partial charge in [-0.2, -0.15) is 5.10 Å². The molecule has 0 saturated carbocycles. The van der Waals surface area contributed by atoms with Crippen LogP contribution in [0, 0.1) is 5.92 Å². The third-order valence-electron chi connectivity index (χ3n) is 3.05. The fourth-order valence-electron chi connectivity index (χ4n) is 1.97. The van der Waals surface area contributed by atoms with Gasteiger partial charge in [0.1, 0.15) is 5.82 Å². The predicted molar refractivity (Wildman–Crippen MR) is 57.3 cm³/mol. The lowest BCUT2D eigenvalue weighted by molar-refractivity contribution is 0.497. The Morgan fingerprint density at radius 3 is 3.14 bits per heavy atom. The van der Waals surface area contributed by atoms with Crippen LogP contribution in [0.1, 0.15) is 13.3 Å². The minimum absolute atomic E-state index is 0.635. The zero-order valence-corrected chi connectivity index (χ0v) is 8.83. The number of anilines is 1. The van der Waals surface area contributed by atoms with E-state index < -0.39 is 0 Å². The smallest absolute Gasteiger partial charge is 0.123 e. The Morgan fingerprint density at radius 1 is 1.71 bits per heavy atom. The average molecular weight is 194 g/mol. The van der Waals surface area contributed by atoms with Gasteiger partial charge in [-0.15, -0.1) is 0 Å². The molecule has 1 saturated heterocycles. The Kier molecular flexibility index (Phi) is 2.72. The number of nitrogens with one attached hydrogen (secondary N) is 2. The average Bonchev–Trinajstić information content (AvgIpc) is 2.72. The van der Waals surface area contributed by atoms with Crippen LogP contribution in [-0.2, 0) is 7.05 Å². The standard InChI is InChI=1S/C10H18N4/c1-8-9(3-5-11-8)7-12-10-4-6-13-14(10)2/h4,6,8-9,11-12H,3,5,7H2,1-2H3. The second-order valence-corrected chi connectivity index (χ2v) is 4.01. The topological polar surface area (TPSA) is 41.9 Å². The van der Waals surface area contributed by atoms with Crippen LogP contribution in [-0.4, -0.2) is 28.9 Å². The highest BCUT2D eigenvalue weighted by atomic mass is 15.3. The molecular weight excluding hydrogens is 176 g/mol. The van der Waals surface area contributed by atoms with Gasteiger partial charge in [0.2, 0.25) is 0 Å². The summed E-state index contributed by atoms with van der Waals surface area (Å²) >= 11 is 0. The molecule has 1 aliphatic rings. The molecule has 14 heavy (non-hydrogen) atoms. The van der Waals surface area contributed by atoms with Crippen LogP contribution >= 0.6 is 0 Å². The first-order valence-corrected chi connectivity index (χ1v) is 5.22. The SMILES string of the molecule is CC1NCCC1CNc1ccnn1C. The van der Waals surface area contributed by atoms with Gasteiger partial charge >= 0.3 is 0 Å². The molecular formula is C10H18N4. The molecule has 2 rings (SSSR count).